The summed E-state index contributed by atoms with van der Waals surface area (Å²) in [6.45, 7) is 4.18. The number of carboxylic acids is 1. The van der Waals surface area contributed by atoms with E-state index in [1.54, 1.807) is 24.5 Å². The number of methoxy groups -OCH3 is 2. The fourth-order valence-corrected chi connectivity index (χ4v) is 1.84. The van der Waals surface area contributed by atoms with E-state index < -0.39 is 12.3 Å². The Balaban J connectivity index is 0.00000139. The Morgan fingerprint density at radius 3 is 2.42 bits per heavy atom. The fourth-order valence-electron chi connectivity index (χ4n) is 1.84. The van der Waals surface area contributed by atoms with Gasteiger partial charge in [0.25, 0.3) is 0 Å². The van der Waals surface area contributed by atoms with Crippen molar-refractivity contribution in [2.24, 2.45) is 0 Å². The minimum atomic E-state index is -1.02. The summed E-state index contributed by atoms with van der Waals surface area (Å²) >= 11 is 0. The van der Waals surface area contributed by atoms with Gasteiger partial charge in [-0.25, -0.2) is 4.79 Å². The zero-order chi connectivity index (χ0) is 17.9. The summed E-state index contributed by atoms with van der Waals surface area (Å²) in [5, 5.41) is 8.83. The highest BCUT2D eigenvalue weighted by molar-refractivity contribution is 5.87. The Hall–Kier alpha value is -2.51. The first-order valence-corrected chi connectivity index (χ1v) is 7.46. The van der Waals surface area contributed by atoms with E-state index >= 15 is 0 Å². The number of carbonyl (C=O) groups is 1. The van der Waals surface area contributed by atoms with Gasteiger partial charge in [-0.1, -0.05) is 13.8 Å². The lowest BCUT2D eigenvalue weighted by Gasteiger charge is -2.17. The Labute approximate surface area is 141 Å². The molecule has 2 heterocycles. The topological polar surface area (TPSA) is 90.8 Å². The molecule has 0 radical (unpaired) electrons. The summed E-state index contributed by atoms with van der Waals surface area (Å²) in [6.07, 6.45) is 3.91. The smallest absolute Gasteiger partial charge is 0.337 e. The van der Waals surface area contributed by atoms with Gasteiger partial charge in [-0.05, 0) is 18.2 Å². The predicted octanol–water partition coefficient (Wildman–Crippen LogP) is 3.07. The van der Waals surface area contributed by atoms with Gasteiger partial charge < -0.3 is 19.3 Å². The van der Waals surface area contributed by atoms with Crippen molar-refractivity contribution < 1.29 is 24.1 Å². The molecule has 0 fully saturated rings. The van der Waals surface area contributed by atoms with E-state index in [0.717, 1.165) is 0 Å². The molecular weight excluding hydrogens is 312 g/mol. The van der Waals surface area contributed by atoms with Gasteiger partial charge in [0.15, 0.2) is 6.29 Å². The third-order valence-electron chi connectivity index (χ3n) is 2.95. The summed E-state index contributed by atoms with van der Waals surface area (Å²) in [7, 11) is 3.06. The van der Waals surface area contributed by atoms with Crippen LogP contribution in [-0.4, -0.2) is 35.3 Å². The largest absolute Gasteiger partial charge is 0.485 e. The molecule has 24 heavy (non-hydrogen) atoms. The van der Waals surface area contributed by atoms with E-state index in [2.05, 4.69) is 9.97 Å². The highest BCUT2D eigenvalue weighted by atomic mass is 16.7. The van der Waals surface area contributed by atoms with E-state index in [4.69, 9.17) is 19.3 Å². The molecule has 0 bridgehead atoms. The van der Waals surface area contributed by atoms with Gasteiger partial charge in [0, 0.05) is 26.6 Å². The van der Waals surface area contributed by atoms with E-state index in [-0.39, 0.29) is 12.2 Å². The van der Waals surface area contributed by atoms with Gasteiger partial charge >= 0.3 is 5.97 Å². The van der Waals surface area contributed by atoms with Crippen molar-refractivity contribution >= 4 is 5.97 Å². The lowest BCUT2D eigenvalue weighted by Crippen LogP contribution is -2.08. The highest BCUT2D eigenvalue weighted by Gasteiger charge is 2.15. The monoisotopic (exact) mass is 334 g/mol. The molecule has 0 saturated carbocycles. The van der Waals surface area contributed by atoms with Gasteiger partial charge in [-0.2, -0.15) is 0 Å². The minimum absolute atomic E-state index is 0.129. The fraction of sp³-hybridized carbons (Fsp3) is 0.353. The van der Waals surface area contributed by atoms with Crippen LogP contribution in [0.2, 0.25) is 0 Å². The van der Waals surface area contributed by atoms with Crippen LogP contribution >= 0.6 is 0 Å². The first-order chi connectivity index (χ1) is 11.7. The number of carboxylic acid groups (broad SMARTS) is 1. The first kappa shape index (κ1) is 19.5. The molecule has 0 aliphatic heterocycles. The standard InChI is InChI=1S/C15H16N2O5.C2H6/c1-20-15(21-2)12-5-6-16-8-13(12)22-9-11-4-3-10(7-17-11)14(18)19;1-2/h3-8,15H,9H2,1-2H3,(H,18,19);1-2H3. The number of hydrogen-bond donors (Lipinski definition) is 1. The molecule has 0 aliphatic carbocycles. The third-order valence-corrected chi connectivity index (χ3v) is 2.95. The van der Waals surface area contributed by atoms with Gasteiger partial charge in [-0.15, -0.1) is 0 Å². The van der Waals surface area contributed by atoms with Crippen LogP contribution in [0.25, 0.3) is 0 Å². The Kier molecular flexibility index (Phi) is 8.38. The molecule has 0 aromatic carbocycles. The molecular formula is C17H22N2O5. The van der Waals surface area contributed by atoms with Crippen molar-refractivity contribution in [1.82, 2.24) is 9.97 Å². The second-order valence-corrected chi connectivity index (χ2v) is 4.35. The van der Waals surface area contributed by atoms with Crippen LogP contribution in [0.5, 0.6) is 5.75 Å². The molecule has 2 aromatic heterocycles. The number of hydrogen-bond acceptors (Lipinski definition) is 6. The molecule has 2 rings (SSSR count). The number of pyridine rings is 2. The van der Waals surface area contributed by atoms with Gasteiger partial charge in [-0.3, -0.25) is 9.97 Å². The van der Waals surface area contributed by atoms with Gasteiger partial charge in [0.2, 0.25) is 0 Å². The summed E-state index contributed by atoms with van der Waals surface area (Å²) in [6, 6.07) is 4.82. The van der Waals surface area contributed by atoms with Crippen molar-refractivity contribution in [2.45, 2.75) is 26.7 Å². The first-order valence-electron chi connectivity index (χ1n) is 7.46. The molecule has 0 spiro atoms. The van der Waals surface area contributed by atoms with Crippen LogP contribution in [0.15, 0.2) is 36.8 Å². The maximum atomic E-state index is 10.8. The zero-order valence-corrected chi connectivity index (χ0v) is 14.2. The molecule has 0 amide bonds. The molecule has 7 nitrogen and oxygen atoms in total. The highest BCUT2D eigenvalue weighted by Crippen LogP contribution is 2.27. The average Bonchev–Trinajstić information content (AvgIpc) is 2.64. The van der Waals surface area contributed by atoms with Crippen LogP contribution in [0.4, 0.5) is 0 Å². The van der Waals surface area contributed by atoms with Crippen LogP contribution in [0.1, 0.15) is 41.8 Å². The summed E-state index contributed by atoms with van der Waals surface area (Å²) in [5.74, 6) is -0.502. The van der Waals surface area contributed by atoms with Crippen molar-refractivity contribution in [3.63, 3.8) is 0 Å². The third kappa shape index (κ3) is 5.29. The lowest BCUT2D eigenvalue weighted by molar-refractivity contribution is -0.107. The number of ether oxygens (including phenoxy) is 3. The average molecular weight is 334 g/mol. The summed E-state index contributed by atoms with van der Waals surface area (Å²) in [5.41, 5.74) is 1.44. The molecule has 7 heteroatoms. The van der Waals surface area contributed by atoms with Crippen molar-refractivity contribution in [3.05, 3.63) is 53.6 Å². The molecule has 2 aromatic rings. The number of nitrogens with zero attached hydrogens (tertiary/aromatic N) is 2. The van der Waals surface area contributed by atoms with Crippen LogP contribution in [-0.2, 0) is 16.1 Å². The van der Waals surface area contributed by atoms with Crippen molar-refractivity contribution in [2.75, 3.05) is 14.2 Å². The van der Waals surface area contributed by atoms with Crippen molar-refractivity contribution in [1.29, 1.82) is 0 Å². The molecule has 0 unspecified atom stereocenters. The molecule has 130 valence electrons. The maximum absolute atomic E-state index is 10.8. The lowest BCUT2D eigenvalue weighted by atomic mass is 10.2. The Bertz CT molecular complexity index is 627. The van der Waals surface area contributed by atoms with Crippen LogP contribution in [0.3, 0.4) is 0 Å². The number of rotatable bonds is 7. The quantitative estimate of drug-likeness (QED) is 0.778. The second-order valence-electron chi connectivity index (χ2n) is 4.35. The van der Waals surface area contributed by atoms with Crippen molar-refractivity contribution in [3.8, 4) is 5.75 Å². The zero-order valence-electron chi connectivity index (χ0n) is 14.2. The number of aromatic carboxylic acids is 1. The SMILES string of the molecule is CC.COC(OC)c1ccncc1OCc1ccc(C(=O)O)cn1. The van der Waals surface area contributed by atoms with E-state index in [1.807, 2.05) is 13.8 Å². The van der Waals surface area contributed by atoms with Gasteiger partial charge in [0.05, 0.1) is 23.0 Å². The Morgan fingerprint density at radius 1 is 1.17 bits per heavy atom. The maximum Gasteiger partial charge on any atom is 0.337 e. The van der Waals surface area contributed by atoms with E-state index in [9.17, 15) is 4.79 Å². The normalized spacial score (nSPS) is 10.0. The van der Waals surface area contributed by atoms with E-state index in [0.29, 0.717) is 17.0 Å². The Morgan fingerprint density at radius 2 is 1.88 bits per heavy atom. The molecule has 0 atom stereocenters. The summed E-state index contributed by atoms with van der Waals surface area (Å²) in [4.78, 5) is 18.8. The molecule has 1 N–H and O–H groups in total. The molecule has 0 saturated heterocycles. The molecule has 0 aliphatic rings. The van der Waals surface area contributed by atoms with E-state index in [1.165, 1.54) is 26.5 Å². The van der Waals surface area contributed by atoms with Crippen LogP contribution < -0.4 is 4.74 Å². The second kappa shape index (κ2) is 10.3. The van der Waals surface area contributed by atoms with Gasteiger partial charge in [0.1, 0.15) is 12.4 Å². The minimum Gasteiger partial charge on any atom is -0.485 e. The number of aromatic nitrogens is 2. The summed E-state index contributed by atoms with van der Waals surface area (Å²) < 4.78 is 16.1. The predicted molar refractivity (Wildman–Crippen MR) is 87.9 cm³/mol. The van der Waals surface area contributed by atoms with Crippen LogP contribution in [0, 0.1) is 0 Å².